The van der Waals surface area contributed by atoms with Gasteiger partial charge in [0.15, 0.2) is 0 Å². The molecule has 1 N–H and O–H groups in total. The lowest BCUT2D eigenvalue weighted by Gasteiger charge is -2.15. The van der Waals surface area contributed by atoms with Gasteiger partial charge in [-0.2, -0.15) is 0 Å². The number of pyridine rings is 1. The summed E-state index contributed by atoms with van der Waals surface area (Å²) in [6.45, 7) is 8.73. The number of nitrogens with one attached hydrogen (secondary N) is 1. The first-order valence-electron chi connectivity index (χ1n) is 8.33. The molecule has 1 heterocycles. The lowest BCUT2D eigenvalue weighted by Crippen LogP contribution is -2.16. The normalized spacial score (nSPS) is 13.9. The van der Waals surface area contributed by atoms with Crippen LogP contribution < -0.4 is 5.32 Å². The summed E-state index contributed by atoms with van der Waals surface area (Å²) in [7, 11) is 0. The van der Waals surface area contributed by atoms with Gasteiger partial charge in [-0.15, -0.1) is 0 Å². The molecule has 0 saturated carbocycles. The van der Waals surface area contributed by atoms with E-state index in [1.54, 1.807) is 0 Å². The Hall–Kier alpha value is -1.41. The molecule has 0 bridgehead atoms. The third-order valence-electron chi connectivity index (χ3n) is 4.75. The highest BCUT2D eigenvalue weighted by molar-refractivity contribution is 5.85. The Labute approximate surface area is 128 Å². The number of hydrogen-bond donors (Lipinski definition) is 1. The molecule has 0 aliphatic heterocycles. The van der Waals surface area contributed by atoms with E-state index in [9.17, 15) is 0 Å². The Morgan fingerprint density at radius 3 is 2.76 bits per heavy atom. The minimum atomic E-state index is 0.990. The molecule has 1 aliphatic carbocycles. The van der Waals surface area contributed by atoms with E-state index >= 15 is 0 Å². The Morgan fingerprint density at radius 1 is 1.14 bits per heavy atom. The number of nitrogens with zero attached hydrogens (tertiary/aromatic N) is 1. The molecule has 0 atom stereocenters. The van der Waals surface area contributed by atoms with Crippen molar-refractivity contribution in [2.75, 3.05) is 6.54 Å². The van der Waals surface area contributed by atoms with Gasteiger partial charge in [-0.25, -0.2) is 0 Å². The van der Waals surface area contributed by atoms with Crippen molar-refractivity contribution in [1.29, 1.82) is 0 Å². The van der Waals surface area contributed by atoms with E-state index in [0.717, 1.165) is 19.5 Å². The molecule has 0 fully saturated rings. The largest absolute Gasteiger partial charge is 0.313 e. The van der Waals surface area contributed by atoms with Crippen molar-refractivity contribution >= 4 is 10.9 Å². The number of rotatable bonds is 5. The van der Waals surface area contributed by atoms with E-state index in [4.69, 9.17) is 4.98 Å². The van der Waals surface area contributed by atoms with Crippen LogP contribution in [0.3, 0.4) is 0 Å². The van der Waals surface area contributed by atoms with E-state index in [1.807, 2.05) is 0 Å². The standard InChI is InChI=1S/C19H26N2/c1-4-5-9-20-12-17-15-7-6-8-18(15)21-19-11-14(3)13(2)10-16(17)19/h10-11,20H,4-9,12H2,1-3H3. The van der Waals surface area contributed by atoms with Crippen molar-refractivity contribution in [2.24, 2.45) is 0 Å². The molecule has 3 rings (SSSR count). The minimum Gasteiger partial charge on any atom is -0.313 e. The monoisotopic (exact) mass is 282 g/mol. The second-order valence-corrected chi connectivity index (χ2v) is 6.35. The van der Waals surface area contributed by atoms with E-state index in [-0.39, 0.29) is 0 Å². The molecular weight excluding hydrogens is 256 g/mol. The van der Waals surface area contributed by atoms with Crippen LogP contribution in [0.4, 0.5) is 0 Å². The summed E-state index contributed by atoms with van der Waals surface area (Å²) < 4.78 is 0. The van der Waals surface area contributed by atoms with Gasteiger partial charge >= 0.3 is 0 Å². The van der Waals surface area contributed by atoms with Gasteiger partial charge in [-0.05, 0) is 80.5 Å². The molecule has 0 spiro atoms. The summed E-state index contributed by atoms with van der Waals surface area (Å²) in [5.74, 6) is 0. The SMILES string of the molecule is CCCCNCc1c2c(nc3cc(C)c(C)cc13)CCC2. The van der Waals surface area contributed by atoms with Crippen LogP contribution in [0.2, 0.25) is 0 Å². The smallest absolute Gasteiger partial charge is 0.0711 e. The highest BCUT2D eigenvalue weighted by Gasteiger charge is 2.19. The van der Waals surface area contributed by atoms with Crippen LogP contribution in [0.5, 0.6) is 0 Å². The van der Waals surface area contributed by atoms with Gasteiger partial charge in [0.05, 0.1) is 5.52 Å². The van der Waals surface area contributed by atoms with Crippen molar-refractivity contribution in [3.63, 3.8) is 0 Å². The van der Waals surface area contributed by atoms with Crippen LogP contribution in [0.25, 0.3) is 10.9 Å². The zero-order valence-corrected chi connectivity index (χ0v) is 13.6. The predicted octanol–water partition coefficient (Wildman–Crippen LogP) is 4.23. The number of hydrogen-bond acceptors (Lipinski definition) is 2. The topological polar surface area (TPSA) is 24.9 Å². The van der Waals surface area contributed by atoms with Gasteiger partial charge in [0.25, 0.3) is 0 Å². The van der Waals surface area contributed by atoms with Gasteiger partial charge in [-0.1, -0.05) is 13.3 Å². The van der Waals surface area contributed by atoms with E-state index in [0.29, 0.717) is 0 Å². The summed E-state index contributed by atoms with van der Waals surface area (Å²) in [5.41, 5.74) is 8.28. The van der Waals surface area contributed by atoms with Crippen LogP contribution in [0, 0.1) is 13.8 Å². The fourth-order valence-electron chi connectivity index (χ4n) is 3.34. The quantitative estimate of drug-likeness (QED) is 0.830. The van der Waals surface area contributed by atoms with Crippen molar-refractivity contribution in [1.82, 2.24) is 10.3 Å². The summed E-state index contributed by atoms with van der Waals surface area (Å²) in [5, 5.41) is 4.99. The molecule has 1 aliphatic rings. The van der Waals surface area contributed by atoms with Crippen LogP contribution in [-0.2, 0) is 19.4 Å². The zero-order valence-electron chi connectivity index (χ0n) is 13.6. The maximum absolute atomic E-state index is 4.93. The Balaban J connectivity index is 2.04. The van der Waals surface area contributed by atoms with Crippen molar-refractivity contribution < 1.29 is 0 Å². The highest BCUT2D eigenvalue weighted by Crippen LogP contribution is 2.31. The number of benzene rings is 1. The second kappa shape index (κ2) is 6.15. The van der Waals surface area contributed by atoms with Crippen LogP contribution in [-0.4, -0.2) is 11.5 Å². The van der Waals surface area contributed by atoms with Gasteiger partial charge in [-0.3, -0.25) is 4.98 Å². The summed E-state index contributed by atoms with van der Waals surface area (Å²) in [4.78, 5) is 4.93. The first-order chi connectivity index (χ1) is 10.2. The van der Waals surface area contributed by atoms with Crippen LogP contribution in [0.1, 0.15) is 54.1 Å². The minimum absolute atomic E-state index is 0.990. The molecule has 0 radical (unpaired) electrons. The van der Waals surface area contributed by atoms with Crippen molar-refractivity contribution in [3.8, 4) is 0 Å². The molecule has 0 amide bonds. The summed E-state index contributed by atoms with van der Waals surface area (Å²) in [6.07, 6.45) is 6.12. The molecule has 2 heteroatoms. The fourth-order valence-corrected chi connectivity index (χ4v) is 3.34. The Kier molecular flexibility index (Phi) is 4.25. The molecule has 0 unspecified atom stereocenters. The number of fused-ring (bicyclic) bond motifs is 2. The molecular formula is C19H26N2. The van der Waals surface area contributed by atoms with Crippen molar-refractivity contribution in [3.05, 3.63) is 40.1 Å². The zero-order chi connectivity index (χ0) is 14.8. The Bertz CT molecular complexity index is 658. The lowest BCUT2D eigenvalue weighted by molar-refractivity contribution is 0.640. The molecule has 2 aromatic rings. The summed E-state index contributed by atoms with van der Waals surface area (Å²) >= 11 is 0. The molecule has 1 aromatic heterocycles. The van der Waals surface area contributed by atoms with Gasteiger partial charge < -0.3 is 5.32 Å². The fraction of sp³-hybridized carbons (Fsp3) is 0.526. The van der Waals surface area contributed by atoms with Crippen LogP contribution >= 0.6 is 0 Å². The second-order valence-electron chi connectivity index (χ2n) is 6.35. The Morgan fingerprint density at radius 2 is 1.95 bits per heavy atom. The average molecular weight is 282 g/mol. The average Bonchev–Trinajstić information content (AvgIpc) is 2.92. The van der Waals surface area contributed by atoms with E-state index in [2.05, 4.69) is 38.2 Å². The molecule has 2 nitrogen and oxygen atoms in total. The molecule has 21 heavy (non-hydrogen) atoms. The molecule has 0 saturated heterocycles. The number of aryl methyl sites for hydroxylation is 3. The van der Waals surface area contributed by atoms with E-state index < -0.39 is 0 Å². The van der Waals surface area contributed by atoms with Crippen LogP contribution in [0.15, 0.2) is 12.1 Å². The third kappa shape index (κ3) is 2.82. The van der Waals surface area contributed by atoms with Gasteiger partial charge in [0.1, 0.15) is 0 Å². The first kappa shape index (κ1) is 14.5. The van der Waals surface area contributed by atoms with E-state index in [1.165, 1.54) is 64.5 Å². The van der Waals surface area contributed by atoms with Gasteiger partial charge in [0.2, 0.25) is 0 Å². The predicted molar refractivity (Wildman–Crippen MR) is 89.9 cm³/mol. The molecule has 112 valence electrons. The van der Waals surface area contributed by atoms with Gasteiger partial charge in [0, 0.05) is 17.6 Å². The lowest BCUT2D eigenvalue weighted by atomic mass is 9.97. The van der Waals surface area contributed by atoms with Crippen molar-refractivity contribution in [2.45, 2.75) is 59.4 Å². The number of aromatic nitrogens is 1. The first-order valence-corrected chi connectivity index (χ1v) is 8.33. The maximum atomic E-state index is 4.93. The molecule has 1 aromatic carbocycles. The summed E-state index contributed by atoms with van der Waals surface area (Å²) in [6, 6.07) is 4.60. The number of unbranched alkanes of at least 4 members (excludes halogenated alkanes) is 1. The third-order valence-corrected chi connectivity index (χ3v) is 4.75. The maximum Gasteiger partial charge on any atom is 0.0711 e. The highest BCUT2D eigenvalue weighted by atomic mass is 14.9.